The van der Waals surface area contributed by atoms with Crippen LogP contribution in [-0.2, 0) is 11.0 Å². The van der Waals surface area contributed by atoms with Crippen molar-refractivity contribution in [3.63, 3.8) is 0 Å². The number of rotatable bonds is 6. The minimum absolute atomic E-state index is 0.0248. The fraction of sp³-hybridized carbons (Fsp3) is 0.375. The number of nitrogens with one attached hydrogen (secondary N) is 1. The summed E-state index contributed by atoms with van der Waals surface area (Å²) in [6, 6.07) is 7.78. The van der Waals surface area contributed by atoms with Gasteiger partial charge in [0.1, 0.15) is 11.5 Å². The zero-order chi connectivity index (χ0) is 26.7. The summed E-state index contributed by atoms with van der Waals surface area (Å²) in [5.41, 5.74) is 5.70. The molecule has 0 spiro atoms. The van der Waals surface area contributed by atoms with Gasteiger partial charge in [-0.3, -0.25) is 9.79 Å². The van der Waals surface area contributed by atoms with E-state index in [1.54, 1.807) is 31.2 Å². The summed E-state index contributed by atoms with van der Waals surface area (Å²) in [6.45, 7) is 0.684. The number of hydrogen-bond acceptors (Lipinski definition) is 5. The minimum Gasteiger partial charge on any atom is -0.394 e. The monoisotopic (exact) mass is 529 g/mol. The number of aromatic nitrogens is 1. The maximum Gasteiger partial charge on any atom is 0.417 e. The highest BCUT2D eigenvalue weighted by molar-refractivity contribution is 6.31. The fourth-order valence-corrected chi connectivity index (χ4v) is 4.30. The number of hydrogen-bond donors (Lipinski definition) is 2. The smallest absolute Gasteiger partial charge is 0.394 e. The van der Waals surface area contributed by atoms with Gasteiger partial charge < -0.3 is 16.0 Å². The van der Waals surface area contributed by atoms with Crippen LogP contribution < -0.4 is 11.1 Å². The Morgan fingerprint density at radius 2 is 2.06 bits per heavy atom. The molecule has 1 fully saturated rings. The van der Waals surface area contributed by atoms with Gasteiger partial charge in [-0.1, -0.05) is 30.7 Å². The highest BCUT2D eigenvalue weighted by Crippen LogP contribution is 2.35. The molecule has 12 heteroatoms. The van der Waals surface area contributed by atoms with Gasteiger partial charge in [-0.05, 0) is 35.7 Å². The summed E-state index contributed by atoms with van der Waals surface area (Å²) in [7, 11) is 1.48. The normalized spacial score (nSPS) is 20.8. The zero-order valence-electron chi connectivity index (χ0n) is 19.5. The quantitative estimate of drug-likeness (QED) is 0.309. The summed E-state index contributed by atoms with van der Waals surface area (Å²) in [4.78, 5) is 22.1. The van der Waals surface area contributed by atoms with E-state index >= 15 is 0 Å². The van der Waals surface area contributed by atoms with Crippen molar-refractivity contribution in [2.24, 2.45) is 16.6 Å². The van der Waals surface area contributed by atoms with Gasteiger partial charge >= 0.3 is 6.18 Å². The first-order chi connectivity index (χ1) is 16.8. The number of anilines is 1. The molecule has 1 aromatic heterocycles. The van der Waals surface area contributed by atoms with Crippen molar-refractivity contribution in [2.75, 3.05) is 25.5 Å². The molecule has 0 saturated carbocycles. The van der Waals surface area contributed by atoms with Gasteiger partial charge in [-0.15, -0.1) is 0 Å². The Morgan fingerprint density at radius 1 is 1.33 bits per heavy atom. The van der Waals surface area contributed by atoms with Crippen molar-refractivity contribution in [2.45, 2.75) is 31.5 Å². The number of aliphatic imine (C=N–C) groups is 1. The van der Waals surface area contributed by atoms with Crippen LogP contribution in [0.3, 0.4) is 0 Å². The molecule has 3 rings (SSSR count). The molecule has 1 amide bonds. The van der Waals surface area contributed by atoms with Crippen LogP contribution in [0.1, 0.15) is 24.5 Å². The molecule has 6 nitrogen and oxygen atoms in total. The minimum atomic E-state index is -4.54. The lowest BCUT2D eigenvalue weighted by Crippen LogP contribution is -2.58. The second kappa shape index (κ2) is 10.8. The van der Waals surface area contributed by atoms with Crippen LogP contribution in [0.25, 0.3) is 5.57 Å². The van der Waals surface area contributed by atoms with Crippen LogP contribution >= 0.6 is 11.6 Å². The molecule has 2 unspecified atom stereocenters. The Balaban J connectivity index is 1.90. The highest BCUT2D eigenvalue weighted by Gasteiger charge is 2.46. The van der Waals surface area contributed by atoms with E-state index in [0.29, 0.717) is 16.8 Å². The molecule has 1 aromatic carbocycles. The molecule has 3 N–H and O–H groups in total. The van der Waals surface area contributed by atoms with Crippen molar-refractivity contribution < 1.29 is 26.7 Å². The predicted molar refractivity (Wildman–Crippen MR) is 129 cm³/mol. The largest absolute Gasteiger partial charge is 0.417 e. The average molecular weight is 530 g/mol. The molecule has 0 aliphatic carbocycles. The number of carbonyl (C=O) groups is 1. The van der Waals surface area contributed by atoms with Gasteiger partial charge in [0.05, 0.1) is 18.2 Å². The average Bonchev–Trinajstić information content (AvgIpc) is 2.80. The van der Waals surface area contributed by atoms with Gasteiger partial charge in [0.15, 0.2) is 0 Å². The lowest BCUT2D eigenvalue weighted by Gasteiger charge is -2.43. The third-order valence-corrected chi connectivity index (χ3v) is 6.07. The van der Waals surface area contributed by atoms with Gasteiger partial charge in [0, 0.05) is 43.0 Å². The SMILES string of the molecule is CN=CC(=C(N)C(=O)N1CC(F)(F)CC(C)C1CNc1ccc(C(F)(F)F)cn1)c1cccc(Cl)c1. The van der Waals surface area contributed by atoms with Crippen LogP contribution in [0, 0.1) is 5.92 Å². The van der Waals surface area contributed by atoms with Crippen LogP contribution in [0.5, 0.6) is 0 Å². The van der Waals surface area contributed by atoms with Crippen LogP contribution in [0.4, 0.5) is 27.8 Å². The third kappa shape index (κ3) is 6.51. The molecule has 36 heavy (non-hydrogen) atoms. The number of alkyl halides is 5. The summed E-state index contributed by atoms with van der Waals surface area (Å²) in [5.74, 6) is -4.50. The Labute approximate surface area is 210 Å². The fourth-order valence-electron chi connectivity index (χ4n) is 4.11. The summed E-state index contributed by atoms with van der Waals surface area (Å²) >= 11 is 6.06. The Bertz CT molecular complexity index is 1150. The number of nitrogens with zero attached hydrogens (tertiary/aromatic N) is 3. The number of allylic oxidation sites excluding steroid dienone is 1. The summed E-state index contributed by atoms with van der Waals surface area (Å²) in [6.07, 6.45) is -2.98. The summed E-state index contributed by atoms with van der Waals surface area (Å²) in [5, 5.41) is 3.24. The molecule has 2 aromatic rings. The van der Waals surface area contributed by atoms with Crippen LogP contribution in [-0.4, -0.2) is 54.1 Å². The molecule has 2 heterocycles. The lowest BCUT2D eigenvalue weighted by atomic mass is 9.88. The van der Waals surface area contributed by atoms with E-state index in [9.17, 15) is 26.7 Å². The van der Waals surface area contributed by atoms with Gasteiger partial charge in [-0.25, -0.2) is 13.8 Å². The Hall–Kier alpha value is -3.21. The molecule has 1 saturated heterocycles. The maximum atomic E-state index is 14.5. The van der Waals surface area contributed by atoms with Gasteiger partial charge in [0.2, 0.25) is 0 Å². The van der Waals surface area contributed by atoms with Crippen molar-refractivity contribution >= 4 is 35.1 Å². The molecule has 0 radical (unpaired) electrons. The van der Waals surface area contributed by atoms with E-state index in [1.807, 2.05) is 0 Å². The molecular weight excluding hydrogens is 505 g/mol. The van der Waals surface area contributed by atoms with E-state index in [-0.39, 0.29) is 23.6 Å². The van der Waals surface area contributed by atoms with E-state index in [0.717, 1.165) is 17.0 Å². The Morgan fingerprint density at radius 3 is 2.64 bits per heavy atom. The molecule has 0 bridgehead atoms. The van der Waals surface area contributed by atoms with Crippen LogP contribution in [0.15, 0.2) is 53.3 Å². The number of likely N-dealkylation sites (tertiary alicyclic amines) is 1. The van der Waals surface area contributed by atoms with Crippen molar-refractivity contribution in [3.05, 3.63) is 64.4 Å². The van der Waals surface area contributed by atoms with Crippen LogP contribution in [0.2, 0.25) is 5.02 Å². The van der Waals surface area contributed by atoms with Gasteiger partial charge in [0.25, 0.3) is 11.8 Å². The number of carbonyl (C=O) groups excluding carboxylic acids is 1. The van der Waals surface area contributed by atoms with E-state index in [2.05, 4.69) is 15.3 Å². The molecule has 2 atom stereocenters. The second-order valence-electron chi connectivity index (χ2n) is 8.57. The molecule has 194 valence electrons. The number of pyridine rings is 1. The Kier molecular flexibility index (Phi) is 8.22. The zero-order valence-corrected chi connectivity index (χ0v) is 20.2. The van der Waals surface area contributed by atoms with Crippen molar-refractivity contribution in [1.29, 1.82) is 0 Å². The maximum absolute atomic E-state index is 14.5. The van der Waals surface area contributed by atoms with Gasteiger partial charge in [-0.2, -0.15) is 13.2 Å². The standard InChI is InChI=1S/C24H25ClF5N5O/c1-14-9-23(26,27)13-35(19(14)12-34-20-7-6-16(10-33-20)24(28,29)30)22(36)21(31)18(11-32-2)15-4-3-5-17(25)8-15/h3-8,10-11,14,19H,9,12-13,31H2,1-2H3,(H,33,34). The first-order valence-corrected chi connectivity index (χ1v) is 11.3. The van der Waals surface area contributed by atoms with Crippen molar-refractivity contribution in [1.82, 2.24) is 9.88 Å². The topological polar surface area (TPSA) is 83.6 Å². The number of piperidine rings is 1. The molecular formula is C24H25ClF5N5O. The van der Waals surface area contributed by atoms with E-state index < -0.39 is 48.5 Å². The number of amides is 1. The first kappa shape index (κ1) is 27.4. The first-order valence-electron chi connectivity index (χ1n) is 11.0. The molecule has 1 aliphatic rings. The third-order valence-electron chi connectivity index (χ3n) is 5.84. The molecule has 1 aliphatic heterocycles. The van der Waals surface area contributed by atoms with E-state index in [4.69, 9.17) is 17.3 Å². The second-order valence-corrected chi connectivity index (χ2v) is 9.01. The number of nitrogens with two attached hydrogens (primary N) is 1. The highest BCUT2D eigenvalue weighted by atomic mass is 35.5. The number of halogens is 6. The predicted octanol–water partition coefficient (Wildman–Crippen LogP) is 5.11. The number of benzene rings is 1. The van der Waals surface area contributed by atoms with E-state index in [1.165, 1.54) is 13.3 Å². The van der Waals surface area contributed by atoms with Crippen molar-refractivity contribution in [3.8, 4) is 0 Å². The summed E-state index contributed by atoms with van der Waals surface area (Å²) < 4.78 is 67.4. The lowest BCUT2D eigenvalue weighted by molar-refractivity contribution is -0.148.